The molecule has 1 aliphatic carbocycles. The van der Waals surface area contributed by atoms with Gasteiger partial charge in [0.15, 0.2) is 6.39 Å². The molecule has 0 aliphatic heterocycles. The minimum atomic E-state index is 0.102. The van der Waals surface area contributed by atoms with Crippen molar-refractivity contribution in [3.05, 3.63) is 53.7 Å². The number of carbonyl (C=O) groups excluding carboxylic acids is 1. The Morgan fingerprint density at radius 3 is 2.89 bits per heavy atom. The van der Waals surface area contributed by atoms with Gasteiger partial charge < -0.3 is 9.73 Å². The molecule has 1 fully saturated rings. The molecule has 1 aromatic heterocycles. The third-order valence-electron chi connectivity index (χ3n) is 3.62. The first-order valence-corrected chi connectivity index (χ1v) is 6.47. The fraction of sp³-hybridized carbons (Fsp3) is 0.333. The summed E-state index contributed by atoms with van der Waals surface area (Å²) in [6.07, 6.45) is 2.34. The molecule has 1 N–H and O–H groups in total. The van der Waals surface area contributed by atoms with Crippen LogP contribution >= 0.6 is 0 Å². The molecule has 1 heterocycles. The highest BCUT2D eigenvalue weighted by atomic mass is 16.3. The molecule has 4 heteroatoms. The van der Waals surface area contributed by atoms with Crippen LogP contribution in [0, 0.1) is 12.8 Å². The van der Waals surface area contributed by atoms with Crippen LogP contribution in [0.4, 0.5) is 0 Å². The molecule has 19 heavy (non-hydrogen) atoms. The second kappa shape index (κ2) is 4.88. The van der Waals surface area contributed by atoms with E-state index in [2.05, 4.69) is 22.4 Å². The van der Waals surface area contributed by atoms with Crippen molar-refractivity contribution in [2.75, 3.05) is 0 Å². The Hall–Kier alpha value is -2.10. The van der Waals surface area contributed by atoms with E-state index < -0.39 is 0 Å². The van der Waals surface area contributed by atoms with Crippen LogP contribution in [-0.4, -0.2) is 10.9 Å². The first-order valence-electron chi connectivity index (χ1n) is 6.47. The summed E-state index contributed by atoms with van der Waals surface area (Å²) >= 11 is 0. The molecular formula is C15H16N2O2. The van der Waals surface area contributed by atoms with E-state index in [1.54, 1.807) is 0 Å². The van der Waals surface area contributed by atoms with Crippen molar-refractivity contribution in [2.45, 2.75) is 25.8 Å². The number of nitrogens with zero attached hydrogens (tertiary/aromatic N) is 1. The zero-order chi connectivity index (χ0) is 13.2. The van der Waals surface area contributed by atoms with Gasteiger partial charge in [0.2, 0.25) is 5.91 Å². The highest BCUT2D eigenvalue weighted by Gasteiger charge is 2.43. The Balaban J connectivity index is 1.55. The summed E-state index contributed by atoms with van der Waals surface area (Å²) in [5.74, 6) is 1.30. The average molecular weight is 256 g/mol. The minimum Gasteiger partial charge on any atom is -0.446 e. The molecule has 2 atom stereocenters. The summed E-state index contributed by atoms with van der Waals surface area (Å²) in [6.45, 7) is 2.29. The molecule has 0 spiro atoms. The molecule has 1 saturated carbocycles. The molecule has 1 amide bonds. The van der Waals surface area contributed by atoms with Crippen molar-refractivity contribution in [1.82, 2.24) is 10.3 Å². The maximum absolute atomic E-state index is 12.0. The van der Waals surface area contributed by atoms with Crippen molar-refractivity contribution in [1.29, 1.82) is 0 Å². The molecule has 4 nitrogen and oxygen atoms in total. The summed E-state index contributed by atoms with van der Waals surface area (Å²) < 4.78 is 5.20. The molecular weight excluding hydrogens is 240 g/mol. The monoisotopic (exact) mass is 256 g/mol. The van der Waals surface area contributed by atoms with Crippen molar-refractivity contribution < 1.29 is 9.21 Å². The zero-order valence-corrected chi connectivity index (χ0v) is 10.8. The number of aryl methyl sites for hydroxylation is 1. The van der Waals surface area contributed by atoms with Crippen LogP contribution in [0.25, 0.3) is 0 Å². The number of nitrogens with one attached hydrogen (secondary N) is 1. The SMILES string of the molecule is Cc1ncoc1CNC(=O)[C@H]1C[C@@H]1c1ccccc1. The molecule has 0 saturated heterocycles. The highest BCUT2D eigenvalue weighted by molar-refractivity contribution is 5.82. The van der Waals surface area contributed by atoms with Gasteiger partial charge in [0, 0.05) is 5.92 Å². The number of oxazole rings is 1. The third-order valence-corrected chi connectivity index (χ3v) is 3.62. The lowest BCUT2D eigenvalue weighted by molar-refractivity contribution is -0.122. The quantitative estimate of drug-likeness (QED) is 0.913. The number of hydrogen-bond donors (Lipinski definition) is 1. The van der Waals surface area contributed by atoms with Crippen LogP contribution in [0.3, 0.4) is 0 Å². The van der Waals surface area contributed by atoms with Gasteiger partial charge in [0.1, 0.15) is 5.76 Å². The second-order valence-corrected chi connectivity index (χ2v) is 4.94. The van der Waals surface area contributed by atoms with Gasteiger partial charge in [-0.2, -0.15) is 0 Å². The van der Waals surface area contributed by atoms with E-state index in [0.29, 0.717) is 12.5 Å². The highest BCUT2D eigenvalue weighted by Crippen LogP contribution is 2.47. The van der Waals surface area contributed by atoms with Gasteiger partial charge in [0.25, 0.3) is 0 Å². The second-order valence-electron chi connectivity index (χ2n) is 4.94. The lowest BCUT2D eigenvalue weighted by Crippen LogP contribution is -2.25. The standard InChI is InChI=1S/C15H16N2O2/c1-10-14(19-9-17-10)8-16-15(18)13-7-12(13)11-5-3-2-4-6-11/h2-6,9,12-13H,7-8H2,1H3,(H,16,18)/t12-,13+/m1/s1. The molecule has 1 aromatic carbocycles. The minimum absolute atomic E-state index is 0.102. The van der Waals surface area contributed by atoms with Crippen LogP contribution < -0.4 is 5.32 Å². The Kier molecular flexibility index (Phi) is 3.07. The van der Waals surface area contributed by atoms with Crippen molar-refractivity contribution in [3.8, 4) is 0 Å². The predicted octanol–water partition coefficient (Wildman–Crippen LogP) is 2.40. The lowest BCUT2D eigenvalue weighted by atomic mass is 10.1. The summed E-state index contributed by atoms with van der Waals surface area (Å²) in [5, 5.41) is 2.91. The van der Waals surface area contributed by atoms with Gasteiger partial charge in [-0.3, -0.25) is 4.79 Å². The summed E-state index contributed by atoms with van der Waals surface area (Å²) in [5.41, 5.74) is 2.08. The van der Waals surface area contributed by atoms with Gasteiger partial charge >= 0.3 is 0 Å². The van der Waals surface area contributed by atoms with Crippen molar-refractivity contribution in [2.24, 2.45) is 5.92 Å². The van der Waals surface area contributed by atoms with Crippen LogP contribution in [0.2, 0.25) is 0 Å². The number of hydrogen-bond acceptors (Lipinski definition) is 3. The van der Waals surface area contributed by atoms with E-state index in [-0.39, 0.29) is 11.8 Å². The number of carbonyl (C=O) groups is 1. The Bertz CT molecular complexity index is 577. The smallest absolute Gasteiger partial charge is 0.224 e. The topological polar surface area (TPSA) is 55.1 Å². The fourth-order valence-corrected chi connectivity index (χ4v) is 2.35. The first kappa shape index (κ1) is 12.0. The molecule has 0 bridgehead atoms. The van der Waals surface area contributed by atoms with Crippen LogP contribution in [0.15, 0.2) is 41.1 Å². The average Bonchev–Trinajstić information content (AvgIpc) is 3.14. The van der Waals surface area contributed by atoms with Crippen LogP contribution in [0.5, 0.6) is 0 Å². The Morgan fingerprint density at radius 1 is 1.42 bits per heavy atom. The van der Waals surface area contributed by atoms with E-state index in [0.717, 1.165) is 17.9 Å². The third kappa shape index (κ3) is 2.52. The van der Waals surface area contributed by atoms with E-state index in [9.17, 15) is 4.79 Å². The molecule has 98 valence electrons. The van der Waals surface area contributed by atoms with Crippen molar-refractivity contribution >= 4 is 5.91 Å². The molecule has 0 unspecified atom stereocenters. The number of aromatic nitrogens is 1. The van der Waals surface area contributed by atoms with Crippen LogP contribution in [0.1, 0.15) is 29.4 Å². The van der Waals surface area contributed by atoms with E-state index in [1.165, 1.54) is 12.0 Å². The maximum atomic E-state index is 12.0. The summed E-state index contributed by atoms with van der Waals surface area (Å²) in [4.78, 5) is 16.0. The number of benzene rings is 1. The first-order chi connectivity index (χ1) is 9.25. The number of rotatable bonds is 4. The van der Waals surface area contributed by atoms with E-state index in [4.69, 9.17) is 4.42 Å². The normalized spacial score (nSPS) is 21.1. The van der Waals surface area contributed by atoms with Gasteiger partial charge in [0.05, 0.1) is 12.2 Å². The summed E-state index contributed by atoms with van der Waals surface area (Å²) in [7, 11) is 0. The van der Waals surface area contributed by atoms with Crippen LogP contribution in [-0.2, 0) is 11.3 Å². The van der Waals surface area contributed by atoms with Gasteiger partial charge in [-0.15, -0.1) is 0 Å². The summed E-state index contributed by atoms with van der Waals surface area (Å²) in [6, 6.07) is 10.2. The van der Waals surface area contributed by atoms with Gasteiger partial charge in [-0.1, -0.05) is 30.3 Å². The molecule has 1 aliphatic rings. The van der Waals surface area contributed by atoms with E-state index >= 15 is 0 Å². The van der Waals surface area contributed by atoms with Gasteiger partial charge in [-0.25, -0.2) is 4.98 Å². The Labute approximate surface area is 111 Å². The zero-order valence-electron chi connectivity index (χ0n) is 10.8. The fourth-order valence-electron chi connectivity index (χ4n) is 2.35. The Morgan fingerprint density at radius 2 is 2.21 bits per heavy atom. The van der Waals surface area contributed by atoms with Gasteiger partial charge in [-0.05, 0) is 24.8 Å². The predicted molar refractivity (Wildman–Crippen MR) is 70.4 cm³/mol. The maximum Gasteiger partial charge on any atom is 0.224 e. The molecule has 2 aromatic rings. The van der Waals surface area contributed by atoms with E-state index in [1.807, 2.05) is 25.1 Å². The largest absolute Gasteiger partial charge is 0.446 e. The molecule has 0 radical (unpaired) electrons. The van der Waals surface area contributed by atoms with Crippen molar-refractivity contribution in [3.63, 3.8) is 0 Å². The number of amides is 1. The lowest BCUT2D eigenvalue weighted by Gasteiger charge is -2.03. The molecule has 3 rings (SSSR count).